The molecule has 1 aromatic carbocycles. The monoisotopic (exact) mass is 424 g/mol. The summed E-state index contributed by atoms with van der Waals surface area (Å²) >= 11 is 0. The highest BCUT2D eigenvalue weighted by molar-refractivity contribution is 7.90. The van der Waals surface area contributed by atoms with Crippen LogP contribution in [0.5, 0.6) is 5.75 Å². The minimum Gasteiger partial charge on any atom is -0.494 e. The van der Waals surface area contributed by atoms with Crippen LogP contribution in [-0.4, -0.2) is 31.7 Å². The van der Waals surface area contributed by atoms with Gasteiger partial charge in [0.25, 0.3) is 0 Å². The molecule has 2 N–H and O–H groups in total. The van der Waals surface area contributed by atoms with E-state index in [9.17, 15) is 13.2 Å². The molecule has 1 aromatic rings. The van der Waals surface area contributed by atoms with Crippen molar-refractivity contribution in [3.05, 3.63) is 29.8 Å². The van der Waals surface area contributed by atoms with Gasteiger partial charge in [-0.15, -0.1) is 0 Å². The van der Waals surface area contributed by atoms with Gasteiger partial charge in [-0.1, -0.05) is 25.5 Å². The second-order valence-electron chi connectivity index (χ2n) is 8.85. The third-order valence-corrected chi connectivity index (χ3v) is 7.61. The van der Waals surface area contributed by atoms with Gasteiger partial charge in [0.1, 0.15) is 5.75 Å². The van der Waals surface area contributed by atoms with Crippen LogP contribution < -0.4 is 14.8 Å². The zero-order valence-corrected chi connectivity index (χ0v) is 19.0. The van der Waals surface area contributed by atoms with Gasteiger partial charge in [0.2, 0.25) is 15.9 Å². The smallest absolute Gasteiger partial charge is 0.223 e. The van der Waals surface area contributed by atoms with Crippen molar-refractivity contribution in [1.82, 2.24) is 10.0 Å². The molecule has 7 heteroatoms. The van der Waals surface area contributed by atoms with Crippen molar-refractivity contribution in [2.75, 3.05) is 6.61 Å². The Kier molecular flexibility index (Phi) is 8.52. The van der Waals surface area contributed by atoms with E-state index >= 15 is 0 Å². The molecule has 29 heavy (non-hydrogen) atoms. The zero-order valence-electron chi connectivity index (χ0n) is 18.2. The van der Waals surface area contributed by atoms with Crippen LogP contribution in [0, 0.1) is 5.92 Å². The van der Waals surface area contributed by atoms with Crippen LogP contribution in [0.2, 0.25) is 0 Å². The molecular weight excluding hydrogens is 388 g/mol. The van der Waals surface area contributed by atoms with E-state index in [0.717, 1.165) is 24.2 Å². The molecule has 1 aliphatic carbocycles. The van der Waals surface area contributed by atoms with Gasteiger partial charge in [0, 0.05) is 18.5 Å². The quantitative estimate of drug-likeness (QED) is 0.591. The normalized spacial score (nSPS) is 20.3. The highest BCUT2D eigenvalue weighted by Crippen LogP contribution is 2.26. The lowest BCUT2D eigenvalue weighted by Crippen LogP contribution is -2.46. The number of hydrogen-bond acceptors (Lipinski definition) is 4. The summed E-state index contributed by atoms with van der Waals surface area (Å²) in [7, 11) is -3.36. The number of unbranched alkanes of at least 4 members (excludes halogenated alkanes) is 1. The van der Waals surface area contributed by atoms with Crippen LogP contribution in [0.1, 0.15) is 71.8 Å². The van der Waals surface area contributed by atoms with Crippen LogP contribution >= 0.6 is 0 Å². The average Bonchev–Trinajstić information content (AvgIpc) is 2.66. The predicted molar refractivity (Wildman–Crippen MR) is 116 cm³/mol. The van der Waals surface area contributed by atoms with E-state index in [-0.39, 0.29) is 17.9 Å². The van der Waals surface area contributed by atoms with Crippen molar-refractivity contribution in [2.24, 2.45) is 5.92 Å². The van der Waals surface area contributed by atoms with Crippen LogP contribution in [0.3, 0.4) is 0 Å². The SMILES string of the molecule is CCCCOc1cccc(CNC(=O)C2CCC(NS(=O)(=O)C(C)(C)C)CC2)c1. The Hall–Kier alpha value is -1.60. The molecule has 1 amide bonds. The van der Waals surface area contributed by atoms with Gasteiger partial charge in [-0.05, 0) is 70.6 Å². The Morgan fingerprint density at radius 3 is 2.48 bits per heavy atom. The largest absolute Gasteiger partial charge is 0.494 e. The Morgan fingerprint density at radius 1 is 1.17 bits per heavy atom. The minimum absolute atomic E-state index is 0.0411. The minimum atomic E-state index is -3.36. The maximum absolute atomic E-state index is 12.5. The summed E-state index contributed by atoms with van der Waals surface area (Å²) in [5, 5.41) is 3.02. The fourth-order valence-electron chi connectivity index (χ4n) is 3.28. The molecule has 1 fully saturated rings. The van der Waals surface area contributed by atoms with Gasteiger partial charge >= 0.3 is 0 Å². The lowest BCUT2D eigenvalue weighted by Gasteiger charge is -2.30. The molecule has 0 unspecified atom stereocenters. The molecule has 0 spiro atoms. The van der Waals surface area contributed by atoms with E-state index in [2.05, 4.69) is 17.0 Å². The number of hydrogen-bond donors (Lipinski definition) is 2. The van der Waals surface area contributed by atoms with E-state index in [1.54, 1.807) is 20.8 Å². The summed E-state index contributed by atoms with van der Waals surface area (Å²) in [6, 6.07) is 7.73. The molecule has 1 saturated carbocycles. The van der Waals surface area contributed by atoms with Crippen LogP contribution in [0.25, 0.3) is 0 Å². The molecule has 1 aliphatic rings. The molecule has 0 radical (unpaired) electrons. The summed E-state index contributed by atoms with van der Waals surface area (Å²) in [6.07, 6.45) is 4.89. The number of sulfonamides is 1. The fraction of sp³-hybridized carbons (Fsp3) is 0.682. The number of amides is 1. The molecule has 0 bridgehead atoms. The second-order valence-corrected chi connectivity index (χ2v) is 11.3. The van der Waals surface area contributed by atoms with Crippen molar-refractivity contribution in [3.63, 3.8) is 0 Å². The van der Waals surface area contributed by atoms with E-state index < -0.39 is 14.8 Å². The van der Waals surface area contributed by atoms with Gasteiger partial charge in [-0.2, -0.15) is 0 Å². The first kappa shape index (κ1) is 23.7. The van der Waals surface area contributed by atoms with Crippen LogP contribution in [0.15, 0.2) is 24.3 Å². The number of benzene rings is 1. The Morgan fingerprint density at radius 2 is 1.86 bits per heavy atom. The number of nitrogens with one attached hydrogen (secondary N) is 2. The summed E-state index contributed by atoms with van der Waals surface area (Å²) in [4.78, 5) is 12.5. The van der Waals surface area contributed by atoms with E-state index in [0.29, 0.717) is 38.8 Å². The topological polar surface area (TPSA) is 84.5 Å². The van der Waals surface area contributed by atoms with Crippen molar-refractivity contribution >= 4 is 15.9 Å². The lowest BCUT2D eigenvalue weighted by molar-refractivity contribution is -0.126. The molecule has 6 nitrogen and oxygen atoms in total. The summed E-state index contributed by atoms with van der Waals surface area (Å²) in [5.74, 6) is 0.811. The Labute approximate surface area is 175 Å². The van der Waals surface area contributed by atoms with Crippen molar-refractivity contribution in [3.8, 4) is 5.75 Å². The summed E-state index contributed by atoms with van der Waals surface area (Å²) in [5.41, 5.74) is 1.01. The molecule has 2 rings (SSSR count). The van der Waals surface area contributed by atoms with Gasteiger partial charge in [-0.25, -0.2) is 13.1 Å². The third kappa shape index (κ3) is 7.30. The summed E-state index contributed by atoms with van der Waals surface area (Å²) < 4.78 is 32.3. The molecule has 164 valence electrons. The zero-order chi connectivity index (χ0) is 21.5. The lowest BCUT2D eigenvalue weighted by atomic mass is 9.86. The third-order valence-electron chi connectivity index (χ3n) is 5.36. The van der Waals surface area contributed by atoms with E-state index in [1.165, 1.54) is 0 Å². The fourth-order valence-corrected chi connectivity index (χ4v) is 4.31. The average molecular weight is 425 g/mol. The Balaban J connectivity index is 1.78. The van der Waals surface area contributed by atoms with E-state index in [4.69, 9.17) is 4.74 Å². The predicted octanol–water partition coefficient (Wildman–Crippen LogP) is 3.76. The highest BCUT2D eigenvalue weighted by Gasteiger charge is 2.33. The number of carbonyl (C=O) groups is 1. The van der Waals surface area contributed by atoms with Gasteiger partial charge in [0.05, 0.1) is 11.4 Å². The second kappa shape index (κ2) is 10.4. The number of ether oxygens (including phenoxy) is 1. The van der Waals surface area contributed by atoms with Gasteiger partial charge < -0.3 is 10.1 Å². The van der Waals surface area contributed by atoms with E-state index in [1.807, 2.05) is 24.3 Å². The molecule has 0 saturated heterocycles. The standard InChI is InChI=1S/C22H36N2O4S/c1-5-6-14-28-20-9-7-8-17(15-20)16-23-21(25)18-10-12-19(13-11-18)24-29(26,27)22(2,3)4/h7-9,15,18-19,24H,5-6,10-14,16H2,1-4H3,(H,23,25). The first-order chi connectivity index (χ1) is 13.6. The van der Waals surface area contributed by atoms with Crippen LogP contribution in [-0.2, 0) is 21.4 Å². The maximum atomic E-state index is 12.5. The highest BCUT2D eigenvalue weighted by atomic mass is 32.2. The van der Waals surface area contributed by atoms with Crippen molar-refractivity contribution < 1.29 is 17.9 Å². The molecule has 0 aromatic heterocycles. The van der Waals surface area contributed by atoms with Gasteiger partial charge in [-0.3, -0.25) is 4.79 Å². The summed E-state index contributed by atoms with van der Waals surface area (Å²) in [6.45, 7) is 8.38. The molecular formula is C22H36N2O4S. The molecule has 0 heterocycles. The number of rotatable bonds is 9. The van der Waals surface area contributed by atoms with Crippen molar-refractivity contribution in [1.29, 1.82) is 0 Å². The van der Waals surface area contributed by atoms with Gasteiger partial charge in [0.15, 0.2) is 0 Å². The van der Waals surface area contributed by atoms with Crippen molar-refractivity contribution in [2.45, 2.75) is 83.6 Å². The molecule has 0 aliphatic heterocycles. The first-order valence-electron chi connectivity index (χ1n) is 10.6. The first-order valence-corrected chi connectivity index (χ1v) is 12.1. The number of carbonyl (C=O) groups excluding carboxylic acids is 1. The Bertz CT molecular complexity index is 763. The maximum Gasteiger partial charge on any atom is 0.223 e. The molecule has 0 atom stereocenters. The van der Waals surface area contributed by atoms with Crippen LogP contribution in [0.4, 0.5) is 0 Å².